The van der Waals surface area contributed by atoms with Crippen LogP contribution >= 0.6 is 0 Å². The van der Waals surface area contributed by atoms with Crippen molar-refractivity contribution in [3.8, 4) is 0 Å². The largest absolute Gasteiger partial charge is 0.368 e. The number of hydrogen-bond donors (Lipinski definition) is 1. The van der Waals surface area contributed by atoms with Crippen LogP contribution in [0.5, 0.6) is 0 Å². The Labute approximate surface area is 48.5 Å². The maximum Gasteiger partial charge on any atom is 0.157 e. The van der Waals surface area contributed by atoms with Gasteiger partial charge in [-0.25, -0.2) is 0 Å². The molecule has 3 unspecified atom stereocenters. The fraction of sp³-hybridized carbons (Fsp3) is 1.00. The maximum absolute atomic E-state index is 9.00. The van der Waals surface area contributed by atoms with E-state index in [4.69, 9.17) is 9.84 Å². The molecule has 0 spiro atoms. The lowest BCUT2D eigenvalue weighted by molar-refractivity contribution is -0.132. The summed E-state index contributed by atoms with van der Waals surface area (Å²) in [5.74, 6) is 1.31. The fourth-order valence-electron chi connectivity index (χ4n) is 1.42. The summed E-state index contributed by atoms with van der Waals surface area (Å²) in [7, 11) is 0. The highest BCUT2D eigenvalue weighted by molar-refractivity contribution is 4.90. The normalized spacial score (nSPS) is 52.9. The molecule has 2 aliphatic rings. The van der Waals surface area contributed by atoms with E-state index in [2.05, 4.69) is 0 Å². The first-order valence-corrected chi connectivity index (χ1v) is 3.17. The smallest absolute Gasteiger partial charge is 0.157 e. The van der Waals surface area contributed by atoms with Crippen molar-refractivity contribution in [1.29, 1.82) is 0 Å². The first-order chi connectivity index (χ1) is 3.88. The second-order valence-electron chi connectivity index (χ2n) is 2.71. The van der Waals surface area contributed by atoms with Gasteiger partial charge in [0.05, 0.1) is 6.61 Å². The van der Waals surface area contributed by atoms with Crippen LogP contribution in [0.1, 0.15) is 12.8 Å². The van der Waals surface area contributed by atoms with E-state index in [1.807, 2.05) is 0 Å². The van der Waals surface area contributed by atoms with Gasteiger partial charge in [-0.2, -0.15) is 0 Å². The molecule has 1 aliphatic heterocycles. The van der Waals surface area contributed by atoms with Crippen molar-refractivity contribution < 1.29 is 9.84 Å². The first-order valence-electron chi connectivity index (χ1n) is 3.17. The van der Waals surface area contributed by atoms with Crippen molar-refractivity contribution in [1.82, 2.24) is 0 Å². The van der Waals surface area contributed by atoms with E-state index in [1.54, 1.807) is 0 Å². The molecule has 1 heterocycles. The zero-order valence-electron chi connectivity index (χ0n) is 4.71. The number of aliphatic hydroxyl groups is 1. The van der Waals surface area contributed by atoms with E-state index >= 15 is 0 Å². The molecule has 1 aliphatic carbocycles. The highest BCUT2D eigenvalue weighted by Crippen LogP contribution is 2.46. The molecule has 2 heteroatoms. The molecule has 0 amide bonds. The van der Waals surface area contributed by atoms with Crippen LogP contribution in [0.2, 0.25) is 0 Å². The lowest BCUT2D eigenvalue weighted by atomic mass is 10.2. The topological polar surface area (TPSA) is 29.5 Å². The quantitative estimate of drug-likeness (QED) is 0.492. The van der Waals surface area contributed by atoms with Crippen molar-refractivity contribution in [2.45, 2.75) is 19.1 Å². The van der Waals surface area contributed by atoms with Gasteiger partial charge in [-0.15, -0.1) is 0 Å². The number of rotatable bonds is 0. The minimum atomic E-state index is -0.422. The van der Waals surface area contributed by atoms with E-state index in [1.165, 1.54) is 12.8 Å². The minimum Gasteiger partial charge on any atom is -0.368 e. The molecule has 2 rings (SSSR count). The monoisotopic (exact) mass is 114 g/mol. The summed E-state index contributed by atoms with van der Waals surface area (Å²) in [6, 6.07) is 0. The SMILES string of the molecule is OC1OCCC2CC21. The van der Waals surface area contributed by atoms with Crippen LogP contribution in [0, 0.1) is 11.8 Å². The van der Waals surface area contributed by atoms with Gasteiger partial charge in [0.25, 0.3) is 0 Å². The van der Waals surface area contributed by atoms with Crippen LogP contribution in [0.25, 0.3) is 0 Å². The van der Waals surface area contributed by atoms with Crippen LogP contribution in [0.15, 0.2) is 0 Å². The Hall–Kier alpha value is -0.0800. The van der Waals surface area contributed by atoms with Gasteiger partial charge in [0.15, 0.2) is 6.29 Å². The van der Waals surface area contributed by atoms with E-state index in [0.29, 0.717) is 5.92 Å². The predicted octanol–water partition coefficient (Wildman–Crippen LogP) is 0.361. The van der Waals surface area contributed by atoms with Gasteiger partial charge < -0.3 is 9.84 Å². The van der Waals surface area contributed by atoms with Gasteiger partial charge in [-0.1, -0.05) is 0 Å². The lowest BCUT2D eigenvalue weighted by Crippen LogP contribution is -2.20. The second kappa shape index (κ2) is 1.45. The molecule has 0 radical (unpaired) electrons. The highest BCUT2D eigenvalue weighted by Gasteiger charge is 2.45. The number of hydrogen-bond acceptors (Lipinski definition) is 2. The minimum absolute atomic E-state index is 0.422. The van der Waals surface area contributed by atoms with Gasteiger partial charge in [-0.05, 0) is 18.8 Å². The lowest BCUT2D eigenvalue weighted by Gasteiger charge is -2.15. The Bertz CT molecular complexity index is 103. The van der Waals surface area contributed by atoms with Gasteiger partial charge in [-0.3, -0.25) is 0 Å². The first kappa shape index (κ1) is 4.77. The highest BCUT2D eigenvalue weighted by atomic mass is 16.6. The molecule has 46 valence electrons. The summed E-state index contributed by atoms with van der Waals surface area (Å²) in [4.78, 5) is 0. The van der Waals surface area contributed by atoms with E-state index in [9.17, 15) is 0 Å². The molecule has 1 N–H and O–H groups in total. The average molecular weight is 114 g/mol. The van der Waals surface area contributed by atoms with E-state index in [0.717, 1.165) is 12.5 Å². The van der Waals surface area contributed by atoms with Crippen molar-refractivity contribution in [2.75, 3.05) is 6.61 Å². The molecule has 8 heavy (non-hydrogen) atoms. The van der Waals surface area contributed by atoms with Gasteiger partial charge in [0.1, 0.15) is 0 Å². The number of ether oxygens (including phenoxy) is 1. The molecule has 0 aromatic heterocycles. The Balaban J connectivity index is 1.99. The molecular formula is C6H10O2. The van der Waals surface area contributed by atoms with Crippen LogP contribution < -0.4 is 0 Å². The Morgan fingerprint density at radius 1 is 1.50 bits per heavy atom. The summed E-state index contributed by atoms with van der Waals surface area (Å²) < 4.78 is 4.99. The summed E-state index contributed by atoms with van der Waals surface area (Å²) in [6.07, 6.45) is 1.94. The molecule has 2 nitrogen and oxygen atoms in total. The van der Waals surface area contributed by atoms with Gasteiger partial charge in [0.2, 0.25) is 0 Å². The second-order valence-corrected chi connectivity index (χ2v) is 2.71. The number of fused-ring (bicyclic) bond motifs is 1. The zero-order valence-corrected chi connectivity index (χ0v) is 4.71. The number of aliphatic hydroxyl groups excluding tert-OH is 1. The van der Waals surface area contributed by atoms with Crippen LogP contribution in [-0.4, -0.2) is 18.0 Å². The molecule has 3 atom stereocenters. The van der Waals surface area contributed by atoms with Crippen molar-refractivity contribution in [3.63, 3.8) is 0 Å². The standard InChI is InChI=1S/C6H10O2/c7-6-5-3-4(5)1-2-8-6/h4-7H,1-3H2. The third-order valence-electron chi connectivity index (χ3n) is 2.12. The van der Waals surface area contributed by atoms with Crippen LogP contribution in [0.3, 0.4) is 0 Å². The molecule has 1 saturated carbocycles. The van der Waals surface area contributed by atoms with E-state index < -0.39 is 6.29 Å². The summed E-state index contributed by atoms with van der Waals surface area (Å²) >= 11 is 0. The van der Waals surface area contributed by atoms with E-state index in [-0.39, 0.29) is 0 Å². The predicted molar refractivity (Wildman–Crippen MR) is 28.2 cm³/mol. The average Bonchev–Trinajstić information content (AvgIpc) is 2.45. The third-order valence-corrected chi connectivity index (χ3v) is 2.12. The van der Waals surface area contributed by atoms with Crippen LogP contribution in [0.4, 0.5) is 0 Å². The Morgan fingerprint density at radius 3 is 3.00 bits per heavy atom. The third kappa shape index (κ3) is 0.565. The Morgan fingerprint density at radius 2 is 2.38 bits per heavy atom. The van der Waals surface area contributed by atoms with Crippen molar-refractivity contribution >= 4 is 0 Å². The molecule has 0 aromatic rings. The summed E-state index contributed by atoms with van der Waals surface area (Å²) in [6.45, 7) is 0.766. The molecule has 1 saturated heterocycles. The molecule has 0 aromatic carbocycles. The summed E-state index contributed by atoms with van der Waals surface area (Å²) in [5.41, 5.74) is 0. The van der Waals surface area contributed by atoms with Gasteiger partial charge in [0, 0.05) is 5.92 Å². The van der Waals surface area contributed by atoms with Crippen molar-refractivity contribution in [3.05, 3.63) is 0 Å². The molecule has 2 fully saturated rings. The summed E-state index contributed by atoms with van der Waals surface area (Å²) in [5, 5.41) is 9.00. The van der Waals surface area contributed by atoms with Crippen LogP contribution in [-0.2, 0) is 4.74 Å². The molecular weight excluding hydrogens is 104 g/mol. The van der Waals surface area contributed by atoms with Crippen molar-refractivity contribution in [2.24, 2.45) is 11.8 Å². The zero-order chi connectivity index (χ0) is 5.56. The maximum atomic E-state index is 9.00. The fourth-order valence-corrected chi connectivity index (χ4v) is 1.42. The Kier molecular flexibility index (Phi) is 0.866. The van der Waals surface area contributed by atoms with Gasteiger partial charge >= 0.3 is 0 Å². The molecule has 0 bridgehead atoms.